The lowest BCUT2D eigenvalue weighted by molar-refractivity contribution is 0.408. The Balaban J connectivity index is 2.61. The van der Waals surface area contributed by atoms with Gasteiger partial charge in [0.15, 0.2) is 0 Å². The molecular formula is C14H19N3O. The minimum atomic E-state index is 0.445. The molecule has 18 heavy (non-hydrogen) atoms. The summed E-state index contributed by atoms with van der Waals surface area (Å²) in [5.41, 5.74) is 11.1. The van der Waals surface area contributed by atoms with Gasteiger partial charge in [0, 0.05) is 19.2 Å². The first-order chi connectivity index (χ1) is 8.58. The Morgan fingerprint density at radius 1 is 1.28 bits per heavy atom. The number of nitrogens with two attached hydrogens (primary N) is 1. The summed E-state index contributed by atoms with van der Waals surface area (Å²) >= 11 is 0. The van der Waals surface area contributed by atoms with E-state index in [1.54, 1.807) is 13.4 Å². The van der Waals surface area contributed by atoms with Gasteiger partial charge in [-0.05, 0) is 37.1 Å². The maximum Gasteiger partial charge on any atom is 0.124 e. The van der Waals surface area contributed by atoms with Gasteiger partial charge in [0.1, 0.15) is 5.75 Å². The monoisotopic (exact) mass is 245 g/mol. The van der Waals surface area contributed by atoms with Crippen molar-refractivity contribution >= 4 is 0 Å². The first-order valence-corrected chi connectivity index (χ1v) is 5.94. The van der Waals surface area contributed by atoms with Crippen LogP contribution in [0.25, 0.3) is 11.3 Å². The van der Waals surface area contributed by atoms with Crippen LogP contribution in [0.2, 0.25) is 0 Å². The fourth-order valence-corrected chi connectivity index (χ4v) is 2.41. The van der Waals surface area contributed by atoms with E-state index in [2.05, 4.69) is 17.1 Å². The van der Waals surface area contributed by atoms with E-state index in [1.807, 2.05) is 25.5 Å². The Bertz CT molecular complexity index is 549. The van der Waals surface area contributed by atoms with E-state index in [9.17, 15) is 0 Å². The highest BCUT2D eigenvalue weighted by Crippen LogP contribution is 2.31. The van der Waals surface area contributed by atoms with Crippen molar-refractivity contribution in [2.75, 3.05) is 7.11 Å². The van der Waals surface area contributed by atoms with Crippen LogP contribution < -0.4 is 10.5 Å². The Hall–Kier alpha value is -1.81. The molecule has 1 aromatic carbocycles. The predicted molar refractivity (Wildman–Crippen MR) is 72.6 cm³/mol. The minimum Gasteiger partial charge on any atom is -0.496 e. The molecule has 0 radical (unpaired) electrons. The first kappa shape index (κ1) is 12.6. The number of hydrogen-bond acceptors (Lipinski definition) is 3. The average molecular weight is 245 g/mol. The molecule has 4 heteroatoms. The highest BCUT2D eigenvalue weighted by molar-refractivity contribution is 5.66. The van der Waals surface area contributed by atoms with E-state index >= 15 is 0 Å². The lowest BCUT2D eigenvalue weighted by Gasteiger charge is -2.12. The van der Waals surface area contributed by atoms with Gasteiger partial charge >= 0.3 is 0 Å². The van der Waals surface area contributed by atoms with E-state index in [4.69, 9.17) is 10.5 Å². The minimum absolute atomic E-state index is 0.445. The standard InChI is InChI=1S/C14H19N3O/c1-9-5-11(6-10(2)14(9)18-4)13-12(7-15)16-8-17(13)3/h5-6,8H,7,15H2,1-4H3. The van der Waals surface area contributed by atoms with Crippen LogP contribution in [0.5, 0.6) is 5.75 Å². The van der Waals surface area contributed by atoms with Gasteiger partial charge in [-0.2, -0.15) is 0 Å². The zero-order valence-corrected chi connectivity index (χ0v) is 11.3. The smallest absolute Gasteiger partial charge is 0.124 e. The molecule has 2 aromatic rings. The van der Waals surface area contributed by atoms with Crippen molar-refractivity contribution < 1.29 is 4.74 Å². The molecule has 4 nitrogen and oxygen atoms in total. The summed E-state index contributed by atoms with van der Waals surface area (Å²) in [7, 11) is 3.68. The normalized spacial score (nSPS) is 10.7. The van der Waals surface area contributed by atoms with Crippen LogP contribution in [0.3, 0.4) is 0 Å². The molecule has 1 heterocycles. The number of methoxy groups -OCH3 is 1. The number of ether oxygens (including phenoxy) is 1. The molecule has 0 atom stereocenters. The van der Waals surface area contributed by atoms with Crippen LogP contribution in [0.4, 0.5) is 0 Å². The zero-order chi connectivity index (χ0) is 13.3. The van der Waals surface area contributed by atoms with E-state index in [1.165, 1.54) is 0 Å². The Morgan fingerprint density at radius 3 is 2.39 bits per heavy atom. The van der Waals surface area contributed by atoms with Gasteiger partial charge in [-0.1, -0.05) is 0 Å². The number of imidazole rings is 1. The molecule has 0 bridgehead atoms. The third kappa shape index (κ3) is 1.99. The molecule has 0 amide bonds. The molecule has 0 spiro atoms. The highest BCUT2D eigenvalue weighted by Gasteiger charge is 2.13. The summed E-state index contributed by atoms with van der Waals surface area (Å²) in [4.78, 5) is 4.32. The van der Waals surface area contributed by atoms with E-state index in [-0.39, 0.29) is 0 Å². The second kappa shape index (κ2) is 4.82. The van der Waals surface area contributed by atoms with Gasteiger partial charge < -0.3 is 15.0 Å². The van der Waals surface area contributed by atoms with Crippen molar-refractivity contribution in [3.05, 3.63) is 35.3 Å². The molecule has 0 aliphatic carbocycles. The molecule has 96 valence electrons. The maximum atomic E-state index is 5.73. The third-order valence-electron chi connectivity index (χ3n) is 3.14. The van der Waals surface area contributed by atoms with Crippen molar-refractivity contribution in [1.29, 1.82) is 0 Å². The topological polar surface area (TPSA) is 53.1 Å². The van der Waals surface area contributed by atoms with Gasteiger partial charge in [0.2, 0.25) is 0 Å². The van der Waals surface area contributed by atoms with Gasteiger partial charge in [0.05, 0.1) is 24.8 Å². The SMILES string of the molecule is COc1c(C)cc(-c2c(CN)ncn2C)cc1C. The molecule has 0 fully saturated rings. The average Bonchev–Trinajstić information content (AvgIpc) is 2.70. The molecular weight excluding hydrogens is 226 g/mol. The summed E-state index contributed by atoms with van der Waals surface area (Å²) in [5, 5.41) is 0. The van der Waals surface area contributed by atoms with Crippen molar-refractivity contribution in [3.8, 4) is 17.0 Å². The van der Waals surface area contributed by atoms with E-state index in [0.29, 0.717) is 6.54 Å². The Kier molecular flexibility index (Phi) is 3.39. The number of nitrogens with zero attached hydrogens (tertiary/aromatic N) is 2. The van der Waals surface area contributed by atoms with Crippen LogP contribution in [-0.4, -0.2) is 16.7 Å². The van der Waals surface area contributed by atoms with Crippen molar-refractivity contribution in [1.82, 2.24) is 9.55 Å². The summed E-state index contributed by atoms with van der Waals surface area (Å²) in [6.07, 6.45) is 1.80. The van der Waals surface area contributed by atoms with Crippen molar-refractivity contribution in [3.63, 3.8) is 0 Å². The molecule has 1 aromatic heterocycles. The van der Waals surface area contributed by atoms with Crippen LogP contribution in [0, 0.1) is 13.8 Å². The summed E-state index contributed by atoms with van der Waals surface area (Å²) in [5.74, 6) is 0.940. The predicted octanol–water partition coefficient (Wildman–Crippen LogP) is 2.17. The molecule has 2 N–H and O–H groups in total. The molecule has 0 saturated heterocycles. The number of hydrogen-bond donors (Lipinski definition) is 1. The van der Waals surface area contributed by atoms with Crippen molar-refractivity contribution in [2.24, 2.45) is 12.8 Å². The largest absolute Gasteiger partial charge is 0.496 e. The summed E-state index contributed by atoms with van der Waals surface area (Å²) in [6, 6.07) is 4.23. The molecule has 0 unspecified atom stereocenters. The Morgan fingerprint density at radius 2 is 1.89 bits per heavy atom. The van der Waals surface area contributed by atoms with E-state index in [0.717, 1.165) is 33.8 Å². The van der Waals surface area contributed by atoms with Gasteiger partial charge in [0.25, 0.3) is 0 Å². The number of benzene rings is 1. The zero-order valence-electron chi connectivity index (χ0n) is 11.3. The van der Waals surface area contributed by atoms with Crippen LogP contribution in [0.1, 0.15) is 16.8 Å². The molecule has 0 aliphatic heterocycles. The quantitative estimate of drug-likeness (QED) is 0.901. The lowest BCUT2D eigenvalue weighted by atomic mass is 10.0. The van der Waals surface area contributed by atoms with Crippen LogP contribution >= 0.6 is 0 Å². The molecule has 0 aliphatic rings. The van der Waals surface area contributed by atoms with Crippen LogP contribution in [-0.2, 0) is 13.6 Å². The molecule has 0 saturated carbocycles. The fraction of sp³-hybridized carbons (Fsp3) is 0.357. The number of rotatable bonds is 3. The fourth-order valence-electron chi connectivity index (χ4n) is 2.41. The second-order valence-electron chi connectivity index (χ2n) is 4.50. The number of aryl methyl sites for hydroxylation is 3. The van der Waals surface area contributed by atoms with Gasteiger partial charge in [-0.25, -0.2) is 4.98 Å². The lowest BCUT2D eigenvalue weighted by Crippen LogP contribution is -2.01. The first-order valence-electron chi connectivity index (χ1n) is 5.94. The van der Waals surface area contributed by atoms with Gasteiger partial charge in [-0.3, -0.25) is 0 Å². The Labute approximate surface area is 107 Å². The highest BCUT2D eigenvalue weighted by atomic mass is 16.5. The second-order valence-corrected chi connectivity index (χ2v) is 4.50. The van der Waals surface area contributed by atoms with Gasteiger partial charge in [-0.15, -0.1) is 0 Å². The summed E-state index contributed by atoms with van der Waals surface area (Å²) < 4.78 is 7.39. The van der Waals surface area contributed by atoms with Crippen molar-refractivity contribution in [2.45, 2.75) is 20.4 Å². The van der Waals surface area contributed by atoms with E-state index < -0.39 is 0 Å². The summed E-state index contributed by atoms with van der Waals surface area (Å²) in [6.45, 7) is 4.54. The molecule has 2 rings (SSSR count). The van der Waals surface area contributed by atoms with Crippen LogP contribution in [0.15, 0.2) is 18.5 Å². The third-order valence-corrected chi connectivity index (χ3v) is 3.14. The maximum absolute atomic E-state index is 5.73. The number of aromatic nitrogens is 2.